The normalized spacial score (nSPS) is 11.0. The molecule has 74 valence electrons. The maximum absolute atomic E-state index is 3.97. The fourth-order valence-electron chi connectivity index (χ4n) is 1.67. The van der Waals surface area contributed by atoms with Crippen molar-refractivity contribution >= 4 is 10.9 Å². The fourth-order valence-corrected chi connectivity index (χ4v) is 1.67. The standard InChI is InChI=1S/C10H9N5/c1-15-10(12-13-14-15)8-2-3-9-7(6-8)4-5-11-9/h2-6,11H,1H3. The molecule has 5 nitrogen and oxygen atoms in total. The highest BCUT2D eigenvalue weighted by Crippen LogP contribution is 2.20. The van der Waals surface area contributed by atoms with Crippen molar-refractivity contribution in [2.24, 2.45) is 7.05 Å². The minimum Gasteiger partial charge on any atom is -0.361 e. The number of nitrogens with one attached hydrogen (secondary N) is 1. The molecular weight excluding hydrogens is 190 g/mol. The summed E-state index contributed by atoms with van der Waals surface area (Å²) in [6.45, 7) is 0. The van der Waals surface area contributed by atoms with Crippen LogP contribution in [0.15, 0.2) is 30.5 Å². The molecule has 0 saturated carbocycles. The highest BCUT2D eigenvalue weighted by atomic mass is 15.5. The lowest BCUT2D eigenvalue weighted by molar-refractivity contribution is 0.715. The third-order valence-electron chi connectivity index (χ3n) is 2.43. The van der Waals surface area contributed by atoms with E-state index in [1.807, 2.05) is 31.4 Å². The summed E-state index contributed by atoms with van der Waals surface area (Å²) in [6.07, 6.45) is 1.92. The van der Waals surface area contributed by atoms with Crippen LogP contribution in [0.1, 0.15) is 0 Å². The second-order valence-corrected chi connectivity index (χ2v) is 3.41. The van der Waals surface area contributed by atoms with E-state index in [0.29, 0.717) is 0 Å². The van der Waals surface area contributed by atoms with Crippen molar-refractivity contribution in [1.29, 1.82) is 0 Å². The van der Waals surface area contributed by atoms with Crippen LogP contribution in [0.25, 0.3) is 22.3 Å². The van der Waals surface area contributed by atoms with E-state index in [1.165, 1.54) is 0 Å². The van der Waals surface area contributed by atoms with Gasteiger partial charge in [0.1, 0.15) is 0 Å². The van der Waals surface area contributed by atoms with Crippen LogP contribution < -0.4 is 0 Å². The van der Waals surface area contributed by atoms with Crippen molar-refractivity contribution in [2.45, 2.75) is 0 Å². The van der Waals surface area contributed by atoms with Gasteiger partial charge in [-0.3, -0.25) is 0 Å². The Balaban J connectivity index is 2.23. The van der Waals surface area contributed by atoms with E-state index >= 15 is 0 Å². The monoisotopic (exact) mass is 199 g/mol. The zero-order chi connectivity index (χ0) is 10.3. The number of hydrogen-bond acceptors (Lipinski definition) is 3. The van der Waals surface area contributed by atoms with E-state index in [4.69, 9.17) is 0 Å². The van der Waals surface area contributed by atoms with Gasteiger partial charge in [0.25, 0.3) is 0 Å². The summed E-state index contributed by atoms with van der Waals surface area (Å²) >= 11 is 0. The van der Waals surface area contributed by atoms with Crippen molar-refractivity contribution in [2.75, 3.05) is 0 Å². The summed E-state index contributed by atoms with van der Waals surface area (Å²) in [5.41, 5.74) is 2.14. The van der Waals surface area contributed by atoms with E-state index in [2.05, 4.69) is 26.6 Å². The first-order valence-corrected chi connectivity index (χ1v) is 4.64. The van der Waals surface area contributed by atoms with E-state index in [9.17, 15) is 0 Å². The molecule has 3 rings (SSSR count). The Kier molecular flexibility index (Phi) is 1.58. The molecular formula is C10H9N5. The van der Waals surface area contributed by atoms with Crippen LogP contribution in [-0.4, -0.2) is 25.2 Å². The Morgan fingerprint density at radius 1 is 1.27 bits per heavy atom. The number of aromatic amines is 1. The summed E-state index contributed by atoms with van der Waals surface area (Å²) in [5, 5.41) is 12.6. The summed E-state index contributed by atoms with van der Waals surface area (Å²) in [5.74, 6) is 0.776. The number of hydrogen-bond donors (Lipinski definition) is 1. The van der Waals surface area contributed by atoms with Gasteiger partial charge in [-0.2, -0.15) is 0 Å². The van der Waals surface area contributed by atoms with Crippen LogP contribution in [-0.2, 0) is 7.05 Å². The molecule has 0 bridgehead atoms. The summed E-state index contributed by atoms with van der Waals surface area (Å²) < 4.78 is 1.66. The quantitative estimate of drug-likeness (QED) is 0.643. The molecule has 5 heteroatoms. The number of rotatable bonds is 1. The Bertz CT molecular complexity index is 607. The molecule has 0 radical (unpaired) electrons. The lowest BCUT2D eigenvalue weighted by atomic mass is 10.1. The highest BCUT2D eigenvalue weighted by molar-refractivity contribution is 5.83. The minimum atomic E-state index is 0.776. The van der Waals surface area contributed by atoms with Crippen LogP contribution in [0.4, 0.5) is 0 Å². The second kappa shape index (κ2) is 2.91. The molecule has 0 spiro atoms. The van der Waals surface area contributed by atoms with E-state index in [0.717, 1.165) is 22.3 Å². The molecule has 0 aliphatic carbocycles. The first-order valence-electron chi connectivity index (χ1n) is 4.64. The van der Waals surface area contributed by atoms with Gasteiger partial charge in [-0.15, -0.1) is 5.10 Å². The van der Waals surface area contributed by atoms with Gasteiger partial charge >= 0.3 is 0 Å². The van der Waals surface area contributed by atoms with E-state index in [1.54, 1.807) is 4.68 Å². The van der Waals surface area contributed by atoms with Gasteiger partial charge in [0.2, 0.25) is 0 Å². The van der Waals surface area contributed by atoms with Gasteiger partial charge in [-0.25, -0.2) is 4.68 Å². The molecule has 0 atom stereocenters. The number of fused-ring (bicyclic) bond motifs is 1. The minimum absolute atomic E-state index is 0.776. The highest BCUT2D eigenvalue weighted by Gasteiger charge is 2.06. The molecule has 0 unspecified atom stereocenters. The molecule has 0 saturated heterocycles. The predicted octanol–water partition coefficient (Wildman–Crippen LogP) is 1.36. The topological polar surface area (TPSA) is 59.4 Å². The number of tetrazole rings is 1. The summed E-state index contributed by atoms with van der Waals surface area (Å²) in [7, 11) is 1.83. The maximum Gasteiger partial charge on any atom is 0.181 e. The van der Waals surface area contributed by atoms with Gasteiger partial charge in [-0.05, 0) is 34.7 Å². The molecule has 15 heavy (non-hydrogen) atoms. The molecule has 1 aromatic carbocycles. The van der Waals surface area contributed by atoms with Crippen LogP contribution in [0, 0.1) is 0 Å². The first kappa shape index (κ1) is 8.16. The fraction of sp³-hybridized carbons (Fsp3) is 0.100. The predicted molar refractivity (Wildman–Crippen MR) is 56.1 cm³/mol. The Morgan fingerprint density at radius 3 is 3.00 bits per heavy atom. The molecule has 3 aromatic rings. The Hall–Kier alpha value is -2.17. The van der Waals surface area contributed by atoms with Crippen molar-refractivity contribution in [3.8, 4) is 11.4 Å². The van der Waals surface area contributed by atoms with Crippen molar-refractivity contribution < 1.29 is 0 Å². The van der Waals surface area contributed by atoms with Crippen molar-refractivity contribution in [3.63, 3.8) is 0 Å². The van der Waals surface area contributed by atoms with Crippen LogP contribution >= 0.6 is 0 Å². The van der Waals surface area contributed by atoms with Gasteiger partial charge in [0.05, 0.1) is 0 Å². The first-order chi connectivity index (χ1) is 7.34. The zero-order valence-corrected chi connectivity index (χ0v) is 8.18. The van der Waals surface area contributed by atoms with E-state index < -0.39 is 0 Å². The molecule has 0 fully saturated rings. The Morgan fingerprint density at radius 2 is 2.20 bits per heavy atom. The van der Waals surface area contributed by atoms with Crippen molar-refractivity contribution in [3.05, 3.63) is 30.5 Å². The smallest absolute Gasteiger partial charge is 0.181 e. The van der Waals surface area contributed by atoms with Gasteiger partial charge in [0.15, 0.2) is 5.82 Å². The lowest BCUT2D eigenvalue weighted by Crippen LogP contribution is -1.94. The number of nitrogens with zero attached hydrogens (tertiary/aromatic N) is 4. The number of H-pyrrole nitrogens is 1. The van der Waals surface area contributed by atoms with Crippen LogP contribution in [0.5, 0.6) is 0 Å². The van der Waals surface area contributed by atoms with Gasteiger partial charge in [-0.1, -0.05) is 0 Å². The molecule has 0 aliphatic heterocycles. The number of benzene rings is 1. The third-order valence-corrected chi connectivity index (χ3v) is 2.43. The average Bonchev–Trinajstić information content (AvgIpc) is 2.84. The molecule has 1 N–H and O–H groups in total. The molecule has 0 amide bonds. The number of aromatic nitrogens is 5. The molecule has 2 aromatic heterocycles. The third kappa shape index (κ3) is 1.20. The summed E-state index contributed by atoms with van der Waals surface area (Å²) in [6, 6.07) is 8.13. The molecule has 0 aliphatic rings. The van der Waals surface area contributed by atoms with Crippen LogP contribution in [0.3, 0.4) is 0 Å². The zero-order valence-electron chi connectivity index (χ0n) is 8.18. The van der Waals surface area contributed by atoms with Gasteiger partial charge in [0, 0.05) is 29.7 Å². The largest absolute Gasteiger partial charge is 0.361 e. The summed E-state index contributed by atoms with van der Waals surface area (Å²) in [4.78, 5) is 3.15. The van der Waals surface area contributed by atoms with Crippen molar-refractivity contribution in [1.82, 2.24) is 25.2 Å². The number of aryl methyl sites for hydroxylation is 1. The Labute approximate surface area is 85.7 Å². The van der Waals surface area contributed by atoms with E-state index in [-0.39, 0.29) is 0 Å². The SMILES string of the molecule is Cn1nnnc1-c1ccc2[nH]ccc2c1. The maximum atomic E-state index is 3.97. The lowest BCUT2D eigenvalue weighted by Gasteiger charge is -1.98. The second-order valence-electron chi connectivity index (χ2n) is 3.41. The van der Waals surface area contributed by atoms with Crippen LogP contribution in [0.2, 0.25) is 0 Å². The van der Waals surface area contributed by atoms with Gasteiger partial charge < -0.3 is 4.98 Å². The average molecular weight is 199 g/mol. The molecule has 2 heterocycles.